The highest BCUT2D eigenvalue weighted by Gasteiger charge is 2.18. The molecule has 0 aliphatic carbocycles. The van der Waals surface area contributed by atoms with Crippen molar-refractivity contribution < 1.29 is 4.74 Å². The molecule has 0 bridgehead atoms. The van der Waals surface area contributed by atoms with E-state index < -0.39 is 0 Å². The zero-order valence-corrected chi connectivity index (χ0v) is 15.8. The molecular formula is C20H19ClN4O2. The van der Waals surface area contributed by atoms with Gasteiger partial charge in [-0.3, -0.25) is 9.20 Å². The predicted octanol–water partition coefficient (Wildman–Crippen LogP) is 3.86. The van der Waals surface area contributed by atoms with Gasteiger partial charge in [0.15, 0.2) is 0 Å². The van der Waals surface area contributed by atoms with Crippen LogP contribution in [0.15, 0.2) is 47.4 Å². The summed E-state index contributed by atoms with van der Waals surface area (Å²) in [6.45, 7) is 3.08. The molecule has 6 nitrogen and oxygen atoms in total. The van der Waals surface area contributed by atoms with Crippen molar-refractivity contribution in [1.82, 2.24) is 14.4 Å². The van der Waals surface area contributed by atoms with Gasteiger partial charge in [0.05, 0.1) is 22.7 Å². The van der Waals surface area contributed by atoms with Crippen LogP contribution in [0.25, 0.3) is 27.8 Å². The average Bonchev–Trinajstić information content (AvgIpc) is 3.00. The van der Waals surface area contributed by atoms with E-state index in [-0.39, 0.29) is 5.56 Å². The zero-order valence-electron chi connectivity index (χ0n) is 15.0. The van der Waals surface area contributed by atoms with Crippen LogP contribution in [-0.2, 0) is 4.74 Å². The van der Waals surface area contributed by atoms with Gasteiger partial charge in [-0.15, -0.1) is 0 Å². The molecule has 0 unspecified atom stereocenters. The quantitative estimate of drug-likeness (QED) is 0.514. The number of anilines is 1. The number of aromatic nitrogens is 3. The molecule has 0 fully saturated rings. The van der Waals surface area contributed by atoms with Crippen molar-refractivity contribution in [3.8, 4) is 11.3 Å². The first-order chi connectivity index (χ1) is 13.1. The lowest BCUT2D eigenvalue weighted by Crippen LogP contribution is -2.13. The Labute approximate surface area is 160 Å². The summed E-state index contributed by atoms with van der Waals surface area (Å²) in [6, 6.07) is 11.4. The number of aryl methyl sites for hydroxylation is 1. The van der Waals surface area contributed by atoms with Gasteiger partial charge >= 0.3 is 0 Å². The van der Waals surface area contributed by atoms with Crippen LogP contribution in [0.5, 0.6) is 0 Å². The third-order valence-electron chi connectivity index (χ3n) is 4.52. The highest BCUT2D eigenvalue weighted by molar-refractivity contribution is 6.30. The molecule has 0 saturated heterocycles. The SMILES string of the molecule is COCCNc1c(-c2cc3cccc(C)c3[nH]c2=O)nc2ccc(Cl)cn12. The normalized spacial score (nSPS) is 11.4. The summed E-state index contributed by atoms with van der Waals surface area (Å²) in [4.78, 5) is 20.5. The molecule has 138 valence electrons. The minimum Gasteiger partial charge on any atom is -0.383 e. The number of pyridine rings is 2. The highest BCUT2D eigenvalue weighted by atomic mass is 35.5. The maximum Gasteiger partial charge on any atom is 0.258 e. The molecule has 0 aliphatic heterocycles. The molecule has 0 saturated carbocycles. The minimum absolute atomic E-state index is 0.180. The van der Waals surface area contributed by atoms with Gasteiger partial charge in [-0.2, -0.15) is 0 Å². The number of imidazole rings is 1. The highest BCUT2D eigenvalue weighted by Crippen LogP contribution is 2.29. The lowest BCUT2D eigenvalue weighted by molar-refractivity contribution is 0.210. The van der Waals surface area contributed by atoms with E-state index in [0.717, 1.165) is 16.5 Å². The molecule has 4 rings (SSSR count). The lowest BCUT2D eigenvalue weighted by atomic mass is 10.1. The smallest absolute Gasteiger partial charge is 0.258 e. The Morgan fingerprint density at radius 3 is 2.96 bits per heavy atom. The fourth-order valence-electron chi connectivity index (χ4n) is 3.21. The van der Waals surface area contributed by atoms with Crippen molar-refractivity contribution in [2.75, 3.05) is 25.6 Å². The monoisotopic (exact) mass is 382 g/mol. The van der Waals surface area contributed by atoms with Crippen LogP contribution >= 0.6 is 11.6 Å². The number of H-pyrrole nitrogens is 1. The van der Waals surface area contributed by atoms with Crippen LogP contribution in [0.4, 0.5) is 5.82 Å². The van der Waals surface area contributed by atoms with Crippen LogP contribution in [0.1, 0.15) is 5.56 Å². The summed E-state index contributed by atoms with van der Waals surface area (Å²) in [5, 5.41) is 4.86. The van der Waals surface area contributed by atoms with Gasteiger partial charge in [-0.1, -0.05) is 29.8 Å². The number of nitrogens with zero attached hydrogens (tertiary/aromatic N) is 2. The van der Waals surface area contributed by atoms with Gasteiger partial charge in [-0.05, 0) is 36.1 Å². The van der Waals surface area contributed by atoms with Crippen LogP contribution in [0.3, 0.4) is 0 Å². The number of benzene rings is 1. The van der Waals surface area contributed by atoms with Gasteiger partial charge in [-0.25, -0.2) is 4.98 Å². The topological polar surface area (TPSA) is 71.4 Å². The second kappa shape index (κ2) is 7.06. The van der Waals surface area contributed by atoms with E-state index in [0.29, 0.717) is 40.9 Å². The van der Waals surface area contributed by atoms with Crippen LogP contribution in [0, 0.1) is 6.92 Å². The number of methoxy groups -OCH3 is 1. The summed E-state index contributed by atoms with van der Waals surface area (Å²) in [7, 11) is 1.64. The minimum atomic E-state index is -0.180. The summed E-state index contributed by atoms with van der Waals surface area (Å²) >= 11 is 6.17. The second-order valence-electron chi connectivity index (χ2n) is 6.36. The summed E-state index contributed by atoms with van der Waals surface area (Å²) in [6.07, 6.45) is 1.78. The van der Waals surface area contributed by atoms with E-state index in [1.54, 1.807) is 19.4 Å². The lowest BCUT2D eigenvalue weighted by Gasteiger charge is -2.09. The van der Waals surface area contributed by atoms with Gasteiger partial charge in [0.2, 0.25) is 0 Å². The first-order valence-electron chi connectivity index (χ1n) is 8.62. The number of halogens is 1. The molecular weight excluding hydrogens is 364 g/mol. The Bertz CT molecular complexity index is 1200. The van der Waals surface area contributed by atoms with Gasteiger partial charge in [0.25, 0.3) is 5.56 Å². The van der Waals surface area contributed by atoms with Gasteiger partial charge in [0.1, 0.15) is 17.2 Å². The average molecular weight is 383 g/mol. The summed E-state index contributed by atoms with van der Waals surface area (Å²) < 4.78 is 6.98. The predicted molar refractivity (Wildman–Crippen MR) is 109 cm³/mol. The molecule has 4 aromatic rings. The molecule has 0 radical (unpaired) electrons. The van der Waals surface area contributed by atoms with Crippen molar-refractivity contribution in [3.63, 3.8) is 0 Å². The van der Waals surface area contributed by atoms with Crippen molar-refractivity contribution >= 4 is 34.0 Å². The molecule has 0 aliphatic rings. The van der Waals surface area contributed by atoms with Crippen LogP contribution in [0.2, 0.25) is 5.02 Å². The first kappa shape index (κ1) is 17.6. The van der Waals surface area contributed by atoms with Crippen LogP contribution < -0.4 is 10.9 Å². The fraction of sp³-hybridized carbons (Fsp3) is 0.200. The standard InChI is InChI=1S/C20H19ClN4O2/c1-12-4-3-5-13-10-15(20(26)24-17(12)13)18-19(22-8-9-27-2)25-11-14(21)6-7-16(25)23-18/h3-7,10-11,22H,8-9H2,1-2H3,(H,24,26). The van der Waals surface area contributed by atoms with E-state index in [2.05, 4.69) is 15.3 Å². The van der Waals surface area contributed by atoms with Crippen LogP contribution in [-0.4, -0.2) is 34.6 Å². The number of aromatic amines is 1. The van der Waals surface area contributed by atoms with E-state index in [4.69, 9.17) is 16.3 Å². The van der Waals surface area contributed by atoms with Gasteiger partial charge in [0, 0.05) is 19.9 Å². The Morgan fingerprint density at radius 2 is 2.15 bits per heavy atom. The zero-order chi connectivity index (χ0) is 19.0. The van der Waals surface area contributed by atoms with Gasteiger partial charge < -0.3 is 15.0 Å². The first-order valence-corrected chi connectivity index (χ1v) is 8.99. The Kier molecular flexibility index (Phi) is 4.59. The summed E-state index contributed by atoms with van der Waals surface area (Å²) in [5.41, 5.74) is 3.48. The van der Waals surface area contributed by atoms with E-state index in [1.807, 2.05) is 41.7 Å². The third kappa shape index (κ3) is 3.18. The van der Waals surface area contributed by atoms with Crippen molar-refractivity contribution in [1.29, 1.82) is 0 Å². The maximum atomic E-state index is 12.8. The number of rotatable bonds is 5. The Balaban J connectivity index is 1.95. The largest absolute Gasteiger partial charge is 0.383 e. The molecule has 3 aromatic heterocycles. The van der Waals surface area contributed by atoms with Crippen molar-refractivity contribution in [2.45, 2.75) is 6.92 Å². The fourth-order valence-corrected chi connectivity index (χ4v) is 3.37. The summed E-state index contributed by atoms with van der Waals surface area (Å²) in [5.74, 6) is 0.710. The third-order valence-corrected chi connectivity index (χ3v) is 4.75. The second-order valence-corrected chi connectivity index (χ2v) is 6.79. The van der Waals surface area contributed by atoms with E-state index >= 15 is 0 Å². The number of nitrogens with one attached hydrogen (secondary N) is 2. The molecule has 7 heteroatoms. The van der Waals surface area contributed by atoms with Crippen molar-refractivity contribution in [3.05, 3.63) is 63.5 Å². The molecule has 0 amide bonds. The number of fused-ring (bicyclic) bond motifs is 2. The molecule has 0 atom stereocenters. The molecule has 3 heterocycles. The molecule has 0 spiro atoms. The van der Waals surface area contributed by atoms with E-state index in [9.17, 15) is 4.79 Å². The van der Waals surface area contributed by atoms with E-state index in [1.165, 1.54) is 0 Å². The van der Waals surface area contributed by atoms with Crippen molar-refractivity contribution in [2.24, 2.45) is 0 Å². The number of hydrogen-bond donors (Lipinski definition) is 2. The maximum absolute atomic E-state index is 12.8. The number of para-hydroxylation sites is 1. The number of hydrogen-bond acceptors (Lipinski definition) is 4. The molecule has 1 aromatic carbocycles. The molecule has 2 N–H and O–H groups in total. The molecule has 27 heavy (non-hydrogen) atoms. The number of ether oxygens (including phenoxy) is 1. The Morgan fingerprint density at radius 1 is 1.30 bits per heavy atom. The Hall–Kier alpha value is -2.83.